The summed E-state index contributed by atoms with van der Waals surface area (Å²) in [5.74, 6) is 0.277. The summed E-state index contributed by atoms with van der Waals surface area (Å²) in [7, 11) is 0. The molecule has 0 bridgehead atoms. The molecule has 0 N–H and O–H groups in total. The van der Waals surface area contributed by atoms with Gasteiger partial charge in [0, 0.05) is 12.0 Å². The van der Waals surface area contributed by atoms with Gasteiger partial charge in [-0.3, -0.25) is 9.59 Å². The van der Waals surface area contributed by atoms with Gasteiger partial charge in [-0.2, -0.15) is 0 Å². The van der Waals surface area contributed by atoms with Gasteiger partial charge in [-0.05, 0) is 68.1 Å². The Morgan fingerprint density at radius 1 is 1.35 bits per heavy atom. The van der Waals surface area contributed by atoms with Crippen LogP contribution in [0.5, 0.6) is 0 Å². The highest BCUT2D eigenvalue weighted by Gasteiger charge is 2.63. The van der Waals surface area contributed by atoms with E-state index in [1.165, 1.54) is 0 Å². The second-order valence-electron chi connectivity index (χ2n) is 8.66. The van der Waals surface area contributed by atoms with E-state index in [4.69, 9.17) is 4.74 Å². The Kier molecular flexibility index (Phi) is 4.11. The Bertz CT molecular complexity index is 736. The van der Waals surface area contributed by atoms with Crippen LogP contribution < -0.4 is 0 Å². The molecule has 0 saturated heterocycles. The fourth-order valence-corrected chi connectivity index (χ4v) is 6.31. The first-order chi connectivity index (χ1) is 12.3. The van der Waals surface area contributed by atoms with E-state index in [2.05, 4.69) is 13.5 Å². The second-order valence-corrected chi connectivity index (χ2v) is 8.66. The summed E-state index contributed by atoms with van der Waals surface area (Å²) in [4.78, 5) is 24.7. The first kappa shape index (κ1) is 17.8. The number of fused-ring (bicyclic) bond motifs is 5. The lowest BCUT2D eigenvalue weighted by molar-refractivity contribution is -0.141. The van der Waals surface area contributed by atoms with Crippen LogP contribution in [0.25, 0.3) is 0 Å². The van der Waals surface area contributed by atoms with Crippen LogP contribution in [-0.4, -0.2) is 31.0 Å². The molecular formula is C22H27FO3. The van der Waals surface area contributed by atoms with Gasteiger partial charge in [0.25, 0.3) is 0 Å². The number of ether oxygens (including phenoxy) is 1. The minimum absolute atomic E-state index is 0.00328. The van der Waals surface area contributed by atoms with Crippen molar-refractivity contribution in [2.24, 2.45) is 28.6 Å². The highest BCUT2D eigenvalue weighted by atomic mass is 19.1. The van der Waals surface area contributed by atoms with Crippen molar-refractivity contribution < 1.29 is 18.7 Å². The van der Waals surface area contributed by atoms with Crippen molar-refractivity contribution in [2.75, 3.05) is 13.2 Å². The number of ketones is 2. The van der Waals surface area contributed by atoms with Crippen LogP contribution in [0.15, 0.2) is 36.0 Å². The first-order valence-corrected chi connectivity index (χ1v) is 9.73. The molecule has 0 aromatic carbocycles. The van der Waals surface area contributed by atoms with Crippen molar-refractivity contribution in [1.29, 1.82) is 0 Å². The average molecular weight is 358 g/mol. The Labute approximate surface area is 154 Å². The van der Waals surface area contributed by atoms with Crippen molar-refractivity contribution in [1.82, 2.24) is 0 Å². The van der Waals surface area contributed by atoms with Crippen LogP contribution in [0.1, 0.15) is 39.5 Å². The maximum absolute atomic E-state index is 14.5. The minimum Gasteiger partial charge on any atom is -0.381 e. The van der Waals surface area contributed by atoms with E-state index < -0.39 is 11.6 Å². The summed E-state index contributed by atoms with van der Waals surface area (Å²) in [5, 5.41) is 0. The number of halogens is 1. The monoisotopic (exact) mass is 358 g/mol. The highest BCUT2D eigenvalue weighted by molar-refractivity contribution is 6.02. The molecule has 3 nitrogen and oxygen atoms in total. The molecule has 0 amide bonds. The molecule has 4 aliphatic rings. The molecule has 3 fully saturated rings. The molecule has 6 atom stereocenters. The van der Waals surface area contributed by atoms with E-state index in [-0.39, 0.29) is 28.8 Å². The van der Waals surface area contributed by atoms with Crippen LogP contribution >= 0.6 is 0 Å². The molecule has 0 aromatic rings. The zero-order valence-corrected chi connectivity index (χ0v) is 15.6. The predicted octanol–water partition coefficient (Wildman–Crippen LogP) is 3.99. The van der Waals surface area contributed by atoms with E-state index in [9.17, 15) is 14.0 Å². The molecule has 0 aromatic heterocycles. The third kappa shape index (κ3) is 2.27. The maximum atomic E-state index is 14.5. The minimum atomic E-state index is -1.37. The van der Waals surface area contributed by atoms with Crippen molar-refractivity contribution in [2.45, 2.75) is 45.7 Å². The van der Waals surface area contributed by atoms with Crippen molar-refractivity contribution in [3.05, 3.63) is 36.0 Å². The van der Waals surface area contributed by atoms with E-state index >= 15 is 0 Å². The van der Waals surface area contributed by atoms with E-state index in [0.29, 0.717) is 32.0 Å². The molecule has 0 aliphatic heterocycles. The zero-order chi connectivity index (χ0) is 18.7. The average Bonchev–Trinajstić information content (AvgIpc) is 2.87. The zero-order valence-electron chi connectivity index (χ0n) is 15.6. The molecule has 0 heterocycles. The van der Waals surface area contributed by atoms with Gasteiger partial charge in [-0.25, -0.2) is 4.39 Å². The van der Waals surface area contributed by atoms with Crippen LogP contribution in [0.4, 0.5) is 4.39 Å². The van der Waals surface area contributed by atoms with Gasteiger partial charge < -0.3 is 4.74 Å². The first-order valence-electron chi connectivity index (χ1n) is 9.73. The Morgan fingerprint density at radius 3 is 2.85 bits per heavy atom. The third-order valence-corrected chi connectivity index (χ3v) is 7.54. The smallest absolute Gasteiger partial charge is 0.178 e. The van der Waals surface area contributed by atoms with Gasteiger partial charge >= 0.3 is 0 Å². The number of alkyl halides is 1. The Balaban J connectivity index is 1.74. The molecular weight excluding hydrogens is 331 g/mol. The third-order valence-electron chi connectivity index (χ3n) is 7.54. The molecule has 3 saturated carbocycles. The summed E-state index contributed by atoms with van der Waals surface area (Å²) < 4.78 is 20.2. The fraction of sp³-hybridized carbons (Fsp3) is 0.636. The quantitative estimate of drug-likeness (QED) is 0.766. The van der Waals surface area contributed by atoms with Gasteiger partial charge in [0.05, 0.1) is 12.0 Å². The maximum Gasteiger partial charge on any atom is 0.178 e. The number of carbonyl (C=O) groups is 2. The molecule has 0 radical (unpaired) electrons. The molecule has 4 heteroatoms. The van der Waals surface area contributed by atoms with E-state index in [1.807, 2.05) is 13.0 Å². The second kappa shape index (κ2) is 5.98. The lowest BCUT2D eigenvalue weighted by Gasteiger charge is -2.56. The predicted molar refractivity (Wildman–Crippen MR) is 97.2 cm³/mol. The number of allylic oxidation sites excluding steroid dienone is 5. The summed E-state index contributed by atoms with van der Waals surface area (Å²) in [6.45, 7) is 9.19. The number of carbonyl (C=O) groups excluding carboxylic acids is 2. The molecule has 4 aliphatic carbocycles. The Morgan fingerprint density at radius 2 is 2.12 bits per heavy atom. The van der Waals surface area contributed by atoms with Gasteiger partial charge in [0.15, 0.2) is 17.7 Å². The summed E-state index contributed by atoms with van der Waals surface area (Å²) in [6, 6.07) is 0. The van der Waals surface area contributed by atoms with Gasteiger partial charge in [-0.15, -0.1) is 0 Å². The SMILES string of the molecule is C=C1C[C@H]2[C@@H]3C[C@@H](F)C(=O)[C@@]3(COCC)CC[C@@H]2[C@@]2(C)C=CC(=O)C=C12. The number of hydrogen-bond donors (Lipinski definition) is 0. The number of rotatable bonds is 3. The largest absolute Gasteiger partial charge is 0.381 e. The van der Waals surface area contributed by atoms with Crippen molar-refractivity contribution >= 4 is 11.6 Å². The van der Waals surface area contributed by atoms with Gasteiger partial charge in [0.1, 0.15) is 0 Å². The van der Waals surface area contributed by atoms with Crippen LogP contribution in [0.3, 0.4) is 0 Å². The fourth-order valence-electron chi connectivity index (χ4n) is 6.31. The van der Waals surface area contributed by atoms with Crippen LogP contribution in [0, 0.1) is 28.6 Å². The van der Waals surface area contributed by atoms with Crippen molar-refractivity contribution in [3.8, 4) is 0 Å². The molecule has 4 rings (SSSR count). The topological polar surface area (TPSA) is 43.4 Å². The standard InChI is InChI=1S/C22H27FO3/c1-4-26-12-22-8-6-16-15(18(22)11-19(23)20(22)25)9-13(2)17-10-14(24)5-7-21(16,17)3/h5,7,10,15-16,18-19H,2,4,6,8-9,11-12H2,1,3H3/t15-,16+,18+,19-,21-,22-/m1/s1. The lowest BCUT2D eigenvalue weighted by Crippen LogP contribution is -2.52. The molecule has 140 valence electrons. The van der Waals surface area contributed by atoms with E-state index in [0.717, 1.165) is 24.0 Å². The number of Topliss-reactive ketones (excluding diaryl/α,β-unsaturated/α-hetero) is 1. The number of hydrogen-bond acceptors (Lipinski definition) is 3. The van der Waals surface area contributed by atoms with E-state index in [1.54, 1.807) is 12.2 Å². The molecule has 0 unspecified atom stereocenters. The summed E-state index contributed by atoms with van der Waals surface area (Å²) in [5.41, 5.74) is 1.07. The van der Waals surface area contributed by atoms with Crippen molar-refractivity contribution in [3.63, 3.8) is 0 Å². The lowest BCUT2D eigenvalue weighted by atomic mass is 9.47. The van der Waals surface area contributed by atoms with Crippen LogP contribution in [0.2, 0.25) is 0 Å². The van der Waals surface area contributed by atoms with Gasteiger partial charge in [0.2, 0.25) is 0 Å². The highest BCUT2D eigenvalue weighted by Crippen LogP contribution is 2.64. The summed E-state index contributed by atoms with van der Waals surface area (Å²) >= 11 is 0. The Hall–Kier alpha value is -1.55. The normalized spacial score (nSPS) is 44.4. The van der Waals surface area contributed by atoms with Gasteiger partial charge in [-0.1, -0.05) is 25.2 Å². The molecule has 0 spiro atoms. The summed E-state index contributed by atoms with van der Waals surface area (Å²) in [6.07, 6.45) is 6.59. The molecule has 26 heavy (non-hydrogen) atoms. The van der Waals surface area contributed by atoms with Crippen LogP contribution in [-0.2, 0) is 14.3 Å².